The van der Waals surface area contributed by atoms with Gasteiger partial charge in [0.15, 0.2) is 0 Å². The fourth-order valence-electron chi connectivity index (χ4n) is 3.50. The summed E-state index contributed by atoms with van der Waals surface area (Å²) in [6.45, 7) is 1.78. The Hall–Kier alpha value is -4.14. The van der Waals surface area contributed by atoms with Gasteiger partial charge >= 0.3 is 5.97 Å². The molecule has 0 fully saturated rings. The first kappa shape index (κ1) is 20.1. The largest absolute Gasteiger partial charge is 0.495 e. The van der Waals surface area contributed by atoms with Crippen LogP contribution in [-0.2, 0) is 9.53 Å². The molecule has 31 heavy (non-hydrogen) atoms. The first-order valence-electron chi connectivity index (χ1n) is 9.55. The number of ether oxygens (including phenoxy) is 2. The van der Waals surface area contributed by atoms with Gasteiger partial charge in [-0.15, -0.1) is 5.10 Å². The monoisotopic (exact) mass is 419 g/mol. The van der Waals surface area contributed by atoms with E-state index in [9.17, 15) is 9.59 Å². The molecule has 0 spiro atoms. The first-order chi connectivity index (χ1) is 15.0. The molecule has 1 aliphatic rings. The minimum absolute atomic E-state index is 0.0925. The van der Waals surface area contributed by atoms with Gasteiger partial charge in [-0.3, -0.25) is 4.79 Å². The molecule has 0 unspecified atom stereocenters. The van der Waals surface area contributed by atoms with Gasteiger partial charge in [-0.05, 0) is 24.6 Å². The number of nitrogens with one attached hydrogen (secondary N) is 2. The Morgan fingerprint density at radius 2 is 1.77 bits per heavy atom. The van der Waals surface area contributed by atoms with Crippen LogP contribution < -0.4 is 15.4 Å². The second kappa shape index (κ2) is 8.31. The normalized spacial score (nSPS) is 15.0. The zero-order chi connectivity index (χ0) is 22.0. The molecule has 1 aliphatic heterocycles. The first-order valence-corrected chi connectivity index (χ1v) is 9.55. The highest BCUT2D eigenvalue weighted by Gasteiger charge is 2.35. The number of esters is 1. The summed E-state index contributed by atoms with van der Waals surface area (Å²) in [6, 6.07) is 16.0. The van der Waals surface area contributed by atoms with Crippen LogP contribution in [0, 0.1) is 0 Å². The molecule has 4 rings (SSSR count). The van der Waals surface area contributed by atoms with Crippen molar-refractivity contribution in [3.8, 4) is 5.75 Å². The molecule has 0 aliphatic carbocycles. The Balaban J connectivity index is 1.79. The molecule has 2 aromatic carbocycles. The van der Waals surface area contributed by atoms with E-state index >= 15 is 0 Å². The zero-order valence-corrected chi connectivity index (χ0v) is 17.2. The maximum Gasteiger partial charge on any atom is 0.378 e. The minimum Gasteiger partial charge on any atom is -0.495 e. The third kappa shape index (κ3) is 3.73. The van der Waals surface area contributed by atoms with E-state index in [-0.39, 0.29) is 11.7 Å². The topological polar surface area (TPSA) is 107 Å². The number of carbonyl (C=O) groups is 2. The standard InChI is InChI=1S/C22H21N5O4/c1-13-17(20(28)24-15-11-7-8-12-16(15)30-2)18(14-9-5-4-6-10-14)27-22(23-13)25-19(26-27)21(29)31-3/h4-12,18H,1-3H3,(H,24,28)(H,23,25,26)/t18-/m0/s1. The number of hydrogen-bond acceptors (Lipinski definition) is 7. The third-order valence-corrected chi connectivity index (χ3v) is 4.94. The van der Waals surface area contributed by atoms with Gasteiger partial charge in [-0.1, -0.05) is 42.5 Å². The Kier molecular flexibility index (Phi) is 5.40. The molecular weight excluding hydrogens is 398 g/mol. The van der Waals surface area contributed by atoms with Gasteiger partial charge in [0.05, 0.1) is 25.5 Å². The van der Waals surface area contributed by atoms with E-state index in [1.807, 2.05) is 42.5 Å². The summed E-state index contributed by atoms with van der Waals surface area (Å²) in [6.07, 6.45) is 0. The Labute approximate surface area is 178 Å². The molecular formula is C22H21N5O4. The molecule has 9 heteroatoms. The van der Waals surface area contributed by atoms with Crippen LogP contribution in [0.3, 0.4) is 0 Å². The Morgan fingerprint density at radius 1 is 1.06 bits per heavy atom. The summed E-state index contributed by atoms with van der Waals surface area (Å²) in [7, 11) is 2.81. The molecule has 9 nitrogen and oxygen atoms in total. The number of aromatic nitrogens is 3. The van der Waals surface area contributed by atoms with Crippen molar-refractivity contribution in [2.45, 2.75) is 13.0 Å². The van der Waals surface area contributed by atoms with Gasteiger partial charge in [0, 0.05) is 5.70 Å². The van der Waals surface area contributed by atoms with Crippen LogP contribution in [0.2, 0.25) is 0 Å². The van der Waals surface area contributed by atoms with Gasteiger partial charge in [0.1, 0.15) is 11.8 Å². The predicted molar refractivity (Wildman–Crippen MR) is 114 cm³/mol. The average Bonchev–Trinajstić information content (AvgIpc) is 3.22. The highest BCUT2D eigenvalue weighted by Crippen LogP contribution is 2.36. The van der Waals surface area contributed by atoms with Crippen LogP contribution >= 0.6 is 0 Å². The van der Waals surface area contributed by atoms with Gasteiger partial charge in [0.2, 0.25) is 5.95 Å². The van der Waals surface area contributed by atoms with Crippen molar-refractivity contribution in [1.82, 2.24) is 14.8 Å². The molecule has 2 N–H and O–H groups in total. The van der Waals surface area contributed by atoms with Crippen molar-refractivity contribution < 1.29 is 19.1 Å². The average molecular weight is 419 g/mol. The lowest BCUT2D eigenvalue weighted by Crippen LogP contribution is -2.31. The summed E-state index contributed by atoms with van der Waals surface area (Å²) in [4.78, 5) is 29.6. The van der Waals surface area contributed by atoms with E-state index in [1.165, 1.54) is 11.8 Å². The number of nitrogens with zero attached hydrogens (tertiary/aromatic N) is 3. The second-order valence-electron chi connectivity index (χ2n) is 6.83. The molecule has 0 saturated carbocycles. The molecule has 1 atom stereocenters. The molecule has 2 heterocycles. The van der Waals surface area contributed by atoms with Crippen LogP contribution in [0.15, 0.2) is 65.9 Å². The SMILES string of the molecule is COC(=O)c1nc2n(n1)[C@@H](c1ccccc1)C(C(=O)Nc1ccccc1OC)=C(C)N2. The van der Waals surface area contributed by atoms with Crippen LogP contribution in [0.4, 0.5) is 11.6 Å². The van der Waals surface area contributed by atoms with Gasteiger partial charge in [0.25, 0.3) is 11.7 Å². The number of methoxy groups -OCH3 is 2. The molecule has 0 bridgehead atoms. The molecule has 0 saturated heterocycles. The van der Waals surface area contributed by atoms with Crippen molar-refractivity contribution in [3.63, 3.8) is 0 Å². The predicted octanol–water partition coefficient (Wildman–Crippen LogP) is 3.00. The number of rotatable bonds is 5. The second-order valence-corrected chi connectivity index (χ2v) is 6.83. The third-order valence-electron chi connectivity index (χ3n) is 4.94. The Bertz CT molecular complexity index is 1170. The zero-order valence-electron chi connectivity index (χ0n) is 17.2. The van der Waals surface area contributed by atoms with Gasteiger partial charge in [-0.2, -0.15) is 4.98 Å². The Morgan fingerprint density at radius 3 is 2.48 bits per heavy atom. The minimum atomic E-state index is -0.659. The number of benzene rings is 2. The van der Waals surface area contributed by atoms with E-state index in [1.54, 1.807) is 26.2 Å². The number of fused-ring (bicyclic) bond motifs is 1. The number of carbonyl (C=O) groups excluding carboxylic acids is 2. The fourth-order valence-corrected chi connectivity index (χ4v) is 3.50. The lowest BCUT2D eigenvalue weighted by atomic mass is 9.95. The van der Waals surface area contributed by atoms with Crippen LogP contribution in [-0.4, -0.2) is 40.9 Å². The highest BCUT2D eigenvalue weighted by molar-refractivity contribution is 6.06. The number of allylic oxidation sites excluding steroid dienone is 1. The summed E-state index contributed by atoms with van der Waals surface area (Å²) >= 11 is 0. The fraction of sp³-hybridized carbons (Fsp3) is 0.182. The van der Waals surface area contributed by atoms with Crippen molar-refractivity contribution in [3.05, 3.63) is 77.3 Å². The maximum absolute atomic E-state index is 13.4. The van der Waals surface area contributed by atoms with E-state index < -0.39 is 12.0 Å². The van der Waals surface area contributed by atoms with E-state index in [2.05, 4.69) is 20.7 Å². The quantitative estimate of drug-likeness (QED) is 0.612. The van der Waals surface area contributed by atoms with Crippen molar-refractivity contribution >= 4 is 23.5 Å². The van der Waals surface area contributed by atoms with E-state index in [0.717, 1.165) is 5.56 Å². The summed E-state index contributed by atoms with van der Waals surface area (Å²) in [5, 5.41) is 10.3. The molecule has 0 radical (unpaired) electrons. The summed E-state index contributed by atoms with van der Waals surface area (Å²) in [5.41, 5.74) is 2.39. The van der Waals surface area contributed by atoms with Gasteiger partial charge < -0.3 is 20.1 Å². The number of para-hydroxylation sites is 2. The molecule has 1 aromatic heterocycles. The maximum atomic E-state index is 13.4. The lowest BCUT2D eigenvalue weighted by Gasteiger charge is -2.28. The summed E-state index contributed by atoms with van der Waals surface area (Å²) in [5.74, 6) is -0.188. The smallest absolute Gasteiger partial charge is 0.378 e. The van der Waals surface area contributed by atoms with Crippen LogP contribution in [0.1, 0.15) is 29.1 Å². The molecule has 3 aromatic rings. The number of amides is 1. The number of anilines is 2. The van der Waals surface area contributed by atoms with Crippen molar-refractivity contribution in [1.29, 1.82) is 0 Å². The van der Waals surface area contributed by atoms with Crippen LogP contribution in [0.5, 0.6) is 5.75 Å². The van der Waals surface area contributed by atoms with E-state index in [4.69, 9.17) is 9.47 Å². The molecule has 158 valence electrons. The lowest BCUT2D eigenvalue weighted by molar-refractivity contribution is -0.113. The van der Waals surface area contributed by atoms with Crippen molar-refractivity contribution in [2.24, 2.45) is 0 Å². The van der Waals surface area contributed by atoms with E-state index in [0.29, 0.717) is 28.7 Å². The number of hydrogen-bond donors (Lipinski definition) is 2. The van der Waals surface area contributed by atoms with Crippen LogP contribution in [0.25, 0.3) is 0 Å². The van der Waals surface area contributed by atoms with Crippen molar-refractivity contribution in [2.75, 3.05) is 24.9 Å². The molecule has 1 amide bonds. The van der Waals surface area contributed by atoms with Gasteiger partial charge in [-0.25, -0.2) is 9.48 Å². The highest BCUT2D eigenvalue weighted by atomic mass is 16.5. The summed E-state index contributed by atoms with van der Waals surface area (Å²) < 4.78 is 11.6.